The smallest absolute Gasteiger partial charge is 0.409 e. The van der Waals surface area contributed by atoms with Crippen LogP contribution in [-0.4, -0.2) is 73.0 Å². The fourth-order valence-corrected chi connectivity index (χ4v) is 2.68. The molecule has 0 aliphatic carbocycles. The highest BCUT2D eigenvalue weighted by Crippen LogP contribution is 2.07. The van der Waals surface area contributed by atoms with Crippen LogP contribution in [-0.2, 0) is 16.1 Å². The van der Waals surface area contributed by atoms with Crippen molar-refractivity contribution in [3.05, 3.63) is 35.4 Å². The van der Waals surface area contributed by atoms with Gasteiger partial charge in [-0.25, -0.2) is 4.79 Å². The summed E-state index contributed by atoms with van der Waals surface area (Å²) in [5, 5.41) is 10.1. The molecule has 6 nitrogen and oxygen atoms in total. The van der Waals surface area contributed by atoms with Crippen molar-refractivity contribution < 1.29 is 19.4 Å². The van der Waals surface area contributed by atoms with Crippen LogP contribution >= 0.6 is 0 Å². The van der Waals surface area contributed by atoms with Crippen LogP contribution in [0, 0.1) is 6.92 Å². The normalized spacial score (nSPS) is 16.9. The summed E-state index contributed by atoms with van der Waals surface area (Å²) in [5.41, 5.74) is 2.33. The van der Waals surface area contributed by atoms with E-state index in [1.807, 2.05) is 12.1 Å². The second-order valence-electron chi connectivity index (χ2n) is 6.14. The van der Waals surface area contributed by atoms with E-state index in [1.165, 1.54) is 5.56 Å². The molecule has 134 valence electrons. The Balaban J connectivity index is 1.62. The lowest BCUT2D eigenvalue weighted by atomic mass is 10.2. The van der Waals surface area contributed by atoms with Crippen molar-refractivity contribution in [3.8, 4) is 0 Å². The average molecular weight is 336 g/mol. The third-order valence-corrected chi connectivity index (χ3v) is 4.07. The van der Waals surface area contributed by atoms with Gasteiger partial charge in [-0.3, -0.25) is 4.90 Å². The first-order valence-corrected chi connectivity index (χ1v) is 8.54. The van der Waals surface area contributed by atoms with E-state index in [9.17, 15) is 9.90 Å². The molecule has 0 spiro atoms. The zero-order valence-electron chi connectivity index (χ0n) is 14.6. The molecule has 1 aliphatic heterocycles. The van der Waals surface area contributed by atoms with Crippen LogP contribution in [0.15, 0.2) is 24.3 Å². The van der Waals surface area contributed by atoms with Crippen molar-refractivity contribution >= 4 is 6.09 Å². The van der Waals surface area contributed by atoms with E-state index in [0.717, 1.165) is 18.7 Å². The van der Waals surface area contributed by atoms with Crippen LogP contribution in [0.1, 0.15) is 18.1 Å². The number of aryl methyl sites for hydroxylation is 1. The fourth-order valence-electron chi connectivity index (χ4n) is 2.68. The number of aliphatic hydroxyl groups is 1. The van der Waals surface area contributed by atoms with Gasteiger partial charge in [0, 0.05) is 32.7 Å². The minimum atomic E-state index is -0.524. The Morgan fingerprint density at radius 1 is 1.21 bits per heavy atom. The van der Waals surface area contributed by atoms with Gasteiger partial charge in [0.1, 0.15) is 0 Å². The molecule has 1 aliphatic rings. The molecule has 1 heterocycles. The lowest BCUT2D eigenvalue weighted by Gasteiger charge is -2.34. The zero-order chi connectivity index (χ0) is 17.4. The average Bonchev–Trinajstić information content (AvgIpc) is 2.57. The number of ether oxygens (including phenoxy) is 2. The van der Waals surface area contributed by atoms with Crippen molar-refractivity contribution in [3.63, 3.8) is 0 Å². The Labute approximate surface area is 144 Å². The van der Waals surface area contributed by atoms with Crippen molar-refractivity contribution in [1.29, 1.82) is 0 Å². The largest absolute Gasteiger partial charge is 0.450 e. The maximum atomic E-state index is 11.6. The van der Waals surface area contributed by atoms with Crippen molar-refractivity contribution in [2.45, 2.75) is 26.6 Å². The Hall–Kier alpha value is -1.63. The van der Waals surface area contributed by atoms with Crippen LogP contribution in [0.3, 0.4) is 0 Å². The molecule has 24 heavy (non-hydrogen) atoms. The minimum Gasteiger partial charge on any atom is -0.450 e. The Bertz CT molecular complexity index is 498. The number of aliphatic hydroxyl groups excluding tert-OH is 1. The number of carbonyl (C=O) groups is 1. The van der Waals surface area contributed by atoms with Gasteiger partial charge >= 0.3 is 6.09 Å². The highest BCUT2D eigenvalue weighted by Gasteiger charge is 2.23. The third kappa shape index (κ3) is 6.11. The molecule has 1 saturated heterocycles. The number of benzene rings is 1. The number of hydrogen-bond donors (Lipinski definition) is 1. The van der Waals surface area contributed by atoms with Gasteiger partial charge in [-0.15, -0.1) is 0 Å². The van der Waals surface area contributed by atoms with Crippen LogP contribution in [0.2, 0.25) is 0 Å². The molecule has 1 aromatic rings. The van der Waals surface area contributed by atoms with Gasteiger partial charge in [0.2, 0.25) is 0 Å². The van der Waals surface area contributed by atoms with Gasteiger partial charge < -0.3 is 19.5 Å². The maximum absolute atomic E-state index is 11.6. The predicted octanol–water partition coefficient (Wildman–Crippen LogP) is 1.65. The van der Waals surface area contributed by atoms with Gasteiger partial charge in [-0.1, -0.05) is 29.8 Å². The summed E-state index contributed by atoms with van der Waals surface area (Å²) in [6, 6.07) is 8.18. The Kier molecular flexibility index (Phi) is 7.49. The molecule has 0 bridgehead atoms. The second kappa shape index (κ2) is 9.61. The summed E-state index contributed by atoms with van der Waals surface area (Å²) in [6.45, 7) is 8.39. The predicted molar refractivity (Wildman–Crippen MR) is 91.9 cm³/mol. The first-order valence-electron chi connectivity index (χ1n) is 8.54. The number of rotatable bonds is 7. The molecule has 0 aromatic heterocycles. The number of piperazine rings is 1. The molecular weight excluding hydrogens is 308 g/mol. The standard InChI is InChI=1S/C18H28N2O4/c1-3-24-18(22)20-10-8-19(9-11-20)12-17(21)14-23-13-16-6-4-15(2)5-7-16/h4-7,17,21H,3,8-14H2,1-2H3/t17-/m1/s1. The van der Waals surface area contributed by atoms with Gasteiger partial charge in [-0.2, -0.15) is 0 Å². The first kappa shape index (κ1) is 18.7. The quantitative estimate of drug-likeness (QED) is 0.820. The molecule has 2 rings (SSSR count). The summed E-state index contributed by atoms with van der Waals surface area (Å²) in [4.78, 5) is 15.5. The van der Waals surface area contributed by atoms with Crippen molar-refractivity contribution in [2.75, 3.05) is 45.9 Å². The highest BCUT2D eigenvalue weighted by molar-refractivity contribution is 5.67. The zero-order valence-corrected chi connectivity index (χ0v) is 14.6. The Morgan fingerprint density at radius 3 is 2.50 bits per heavy atom. The van der Waals surface area contributed by atoms with Crippen LogP contribution in [0.5, 0.6) is 0 Å². The fraction of sp³-hybridized carbons (Fsp3) is 0.611. The molecule has 0 saturated carbocycles. The van der Waals surface area contributed by atoms with E-state index >= 15 is 0 Å². The molecule has 1 aromatic carbocycles. The molecule has 1 N–H and O–H groups in total. The number of amides is 1. The Morgan fingerprint density at radius 2 is 1.88 bits per heavy atom. The van der Waals surface area contributed by atoms with Crippen LogP contribution in [0.25, 0.3) is 0 Å². The highest BCUT2D eigenvalue weighted by atomic mass is 16.6. The lowest BCUT2D eigenvalue weighted by Crippen LogP contribution is -2.50. The minimum absolute atomic E-state index is 0.251. The van der Waals surface area contributed by atoms with E-state index in [1.54, 1.807) is 11.8 Å². The van der Waals surface area contributed by atoms with Crippen LogP contribution < -0.4 is 0 Å². The van der Waals surface area contributed by atoms with Gasteiger partial charge in [0.15, 0.2) is 0 Å². The van der Waals surface area contributed by atoms with Crippen molar-refractivity contribution in [2.24, 2.45) is 0 Å². The first-order chi connectivity index (χ1) is 11.6. The van der Waals surface area contributed by atoms with E-state index in [4.69, 9.17) is 9.47 Å². The maximum Gasteiger partial charge on any atom is 0.409 e. The molecule has 0 unspecified atom stereocenters. The van der Waals surface area contributed by atoms with E-state index in [-0.39, 0.29) is 6.09 Å². The number of carbonyl (C=O) groups excluding carboxylic acids is 1. The van der Waals surface area contributed by atoms with E-state index in [0.29, 0.717) is 39.5 Å². The molecule has 1 amide bonds. The number of β-amino-alcohol motifs (C(OH)–C–C–N with tert-alkyl or cyclic N) is 1. The number of hydrogen-bond acceptors (Lipinski definition) is 5. The molecular formula is C18H28N2O4. The summed E-state index contributed by atoms with van der Waals surface area (Å²) in [6.07, 6.45) is -0.774. The summed E-state index contributed by atoms with van der Waals surface area (Å²) in [5.74, 6) is 0. The monoisotopic (exact) mass is 336 g/mol. The SMILES string of the molecule is CCOC(=O)N1CCN(C[C@@H](O)COCc2ccc(C)cc2)CC1. The summed E-state index contributed by atoms with van der Waals surface area (Å²) in [7, 11) is 0. The number of nitrogens with zero attached hydrogens (tertiary/aromatic N) is 2. The van der Waals surface area contributed by atoms with Gasteiger partial charge in [0.05, 0.1) is 25.9 Å². The molecule has 6 heteroatoms. The topological polar surface area (TPSA) is 62.2 Å². The summed E-state index contributed by atoms with van der Waals surface area (Å²) >= 11 is 0. The van der Waals surface area contributed by atoms with E-state index < -0.39 is 6.10 Å². The van der Waals surface area contributed by atoms with Gasteiger partial charge in [0.25, 0.3) is 0 Å². The van der Waals surface area contributed by atoms with Gasteiger partial charge in [-0.05, 0) is 19.4 Å². The third-order valence-electron chi connectivity index (χ3n) is 4.07. The second-order valence-corrected chi connectivity index (χ2v) is 6.14. The molecule has 1 fully saturated rings. The van der Waals surface area contributed by atoms with Crippen molar-refractivity contribution in [1.82, 2.24) is 9.80 Å². The van der Waals surface area contributed by atoms with Crippen LogP contribution in [0.4, 0.5) is 4.79 Å². The molecule has 1 atom stereocenters. The molecule has 0 radical (unpaired) electrons. The van der Waals surface area contributed by atoms with E-state index in [2.05, 4.69) is 24.0 Å². The lowest BCUT2D eigenvalue weighted by molar-refractivity contribution is 0.00119. The summed E-state index contributed by atoms with van der Waals surface area (Å²) < 4.78 is 10.6.